The van der Waals surface area contributed by atoms with Crippen molar-refractivity contribution in [2.24, 2.45) is 5.73 Å². The third-order valence-electron chi connectivity index (χ3n) is 3.16. The van der Waals surface area contributed by atoms with Gasteiger partial charge in [0.1, 0.15) is 0 Å². The number of rotatable bonds is 3. The van der Waals surface area contributed by atoms with E-state index in [1.54, 1.807) is 23.1 Å². The topological polar surface area (TPSA) is 85.8 Å². The van der Waals surface area contributed by atoms with Crippen LogP contribution in [-0.4, -0.2) is 37.8 Å². The van der Waals surface area contributed by atoms with Gasteiger partial charge in [0.05, 0.1) is 6.04 Å². The molecular formula is C12H17N7. The highest BCUT2D eigenvalue weighted by atomic mass is 15.5. The number of aromatic nitrogens is 5. The van der Waals surface area contributed by atoms with Gasteiger partial charge in [0.2, 0.25) is 5.95 Å². The molecule has 0 aliphatic carbocycles. The van der Waals surface area contributed by atoms with Crippen molar-refractivity contribution in [1.82, 2.24) is 24.7 Å². The third kappa shape index (κ3) is 2.28. The highest BCUT2D eigenvalue weighted by molar-refractivity contribution is 5.33. The van der Waals surface area contributed by atoms with Gasteiger partial charge in [0.25, 0.3) is 5.95 Å². The number of nitrogens with zero attached hydrogens (tertiary/aromatic N) is 6. The first-order chi connectivity index (χ1) is 9.25. The fourth-order valence-electron chi connectivity index (χ4n) is 2.21. The van der Waals surface area contributed by atoms with Crippen molar-refractivity contribution in [2.75, 3.05) is 18.0 Å². The first-order valence-electron chi connectivity index (χ1n) is 6.50. The van der Waals surface area contributed by atoms with Crippen LogP contribution in [0.25, 0.3) is 5.95 Å². The smallest absolute Gasteiger partial charge is 0.252 e. The molecule has 3 rings (SSSR count). The Morgan fingerprint density at radius 2 is 1.84 bits per heavy atom. The summed E-state index contributed by atoms with van der Waals surface area (Å²) in [6.45, 7) is 3.88. The van der Waals surface area contributed by atoms with Gasteiger partial charge in [-0.1, -0.05) is 0 Å². The van der Waals surface area contributed by atoms with E-state index in [1.807, 2.05) is 6.92 Å². The van der Waals surface area contributed by atoms with Gasteiger partial charge in [0.15, 0.2) is 5.82 Å². The molecule has 7 heteroatoms. The molecule has 3 heterocycles. The molecule has 0 aromatic carbocycles. The highest BCUT2D eigenvalue weighted by Gasteiger charge is 2.22. The zero-order valence-electron chi connectivity index (χ0n) is 10.9. The van der Waals surface area contributed by atoms with Crippen LogP contribution in [-0.2, 0) is 0 Å². The minimum absolute atomic E-state index is 0.215. The van der Waals surface area contributed by atoms with E-state index in [0.717, 1.165) is 19.0 Å². The van der Waals surface area contributed by atoms with Crippen LogP contribution < -0.4 is 10.6 Å². The molecule has 0 bridgehead atoms. The number of hydrogen-bond acceptors (Lipinski definition) is 6. The highest BCUT2D eigenvalue weighted by Crippen LogP contribution is 2.20. The van der Waals surface area contributed by atoms with Crippen molar-refractivity contribution in [3.8, 4) is 5.95 Å². The summed E-state index contributed by atoms with van der Waals surface area (Å²) < 4.78 is 1.64. The maximum absolute atomic E-state index is 5.97. The van der Waals surface area contributed by atoms with Crippen molar-refractivity contribution < 1.29 is 0 Å². The molecule has 1 fully saturated rings. The summed E-state index contributed by atoms with van der Waals surface area (Å²) in [7, 11) is 0. The van der Waals surface area contributed by atoms with Crippen molar-refractivity contribution in [3.05, 3.63) is 24.3 Å². The van der Waals surface area contributed by atoms with Crippen LogP contribution in [0.3, 0.4) is 0 Å². The summed E-state index contributed by atoms with van der Waals surface area (Å²) in [6, 6.07) is 1.56. The summed E-state index contributed by atoms with van der Waals surface area (Å²) in [6.07, 6.45) is 5.74. The molecule has 0 saturated carbocycles. The van der Waals surface area contributed by atoms with Crippen LogP contribution in [0.2, 0.25) is 0 Å². The third-order valence-corrected chi connectivity index (χ3v) is 3.16. The van der Waals surface area contributed by atoms with Gasteiger partial charge in [-0.05, 0) is 25.8 Å². The van der Waals surface area contributed by atoms with E-state index in [4.69, 9.17) is 5.73 Å². The monoisotopic (exact) mass is 259 g/mol. The Balaban J connectivity index is 2.02. The van der Waals surface area contributed by atoms with E-state index in [-0.39, 0.29) is 6.04 Å². The first-order valence-corrected chi connectivity index (χ1v) is 6.50. The van der Waals surface area contributed by atoms with Gasteiger partial charge in [-0.2, -0.15) is 9.67 Å². The van der Waals surface area contributed by atoms with Gasteiger partial charge < -0.3 is 10.6 Å². The maximum atomic E-state index is 5.97. The molecule has 1 saturated heterocycles. The summed E-state index contributed by atoms with van der Waals surface area (Å²) in [5.74, 6) is 1.91. The number of anilines is 1. The van der Waals surface area contributed by atoms with Crippen LogP contribution in [0.5, 0.6) is 0 Å². The van der Waals surface area contributed by atoms with E-state index >= 15 is 0 Å². The van der Waals surface area contributed by atoms with Gasteiger partial charge in [-0.25, -0.2) is 9.97 Å². The Morgan fingerprint density at radius 3 is 2.47 bits per heavy atom. The summed E-state index contributed by atoms with van der Waals surface area (Å²) in [4.78, 5) is 15.1. The molecule has 1 atom stereocenters. The fourth-order valence-corrected chi connectivity index (χ4v) is 2.21. The molecule has 0 spiro atoms. The molecule has 1 aliphatic rings. The minimum atomic E-state index is -0.215. The normalized spacial score (nSPS) is 16.8. The van der Waals surface area contributed by atoms with E-state index in [0.29, 0.717) is 11.8 Å². The molecule has 100 valence electrons. The van der Waals surface area contributed by atoms with Crippen molar-refractivity contribution in [1.29, 1.82) is 0 Å². The van der Waals surface area contributed by atoms with Gasteiger partial charge >= 0.3 is 0 Å². The maximum Gasteiger partial charge on any atom is 0.252 e. The van der Waals surface area contributed by atoms with Gasteiger partial charge in [-0.15, -0.1) is 5.10 Å². The Hall–Kier alpha value is -2.02. The summed E-state index contributed by atoms with van der Waals surface area (Å²) >= 11 is 0. The summed E-state index contributed by atoms with van der Waals surface area (Å²) in [5.41, 5.74) is 5.97. The predicted octanol–water partition coefficient (Wildman–Crippen LogP) is 0.677. The lowest BCUT2D eigenvalue weighted by Crippen LogP contribution is -2.19. The molecule has 2 aromatic rings. The molecule has 0 amide bonds. The van der Waals surface area contributed by atoms with E-state index < -0.39 is 0 Å². The van der Waals surface area contributed by atoms with E-state index in [1.165, 1.54) is 12.8 Å². The van der Waals surface area contributed by atoms with Crippen LogP contribution >= 0.6 is 0 Å². The lowest BCUT2D eigenvalue weighted by molar-refractivity contribution is 0.668. The van der Waals surface area contributed by atoms with E-state index in [2.05, 4.69) is 25.0 Å². The first kappa shape index (κ1) is 12.0. The average Bonchev–Trinajstić information content (AvgIpc) is 3.08. The Labute approximate surface area is 111 Å². The van der Waals surface area contributed by atoms with Crippen LogP contribution in [0.4, 0.5) is 5.95 Å². The van der Waals surface area contributed by atoms with Gasteiger partial charge in [-0.3, -0.25) is 0 Å². The van der Waals surface area contributed by atoms with Crippen molar-refractivity contribution >= 4 is 5.95 Å². The number of nitrogens with two attached hydrogens (primary N) is 1. The standard InChI is InChI=1S/C12H17N7/c1-9(13)10-16-12(18-7-2-3-8-18)17-19(10)11-14-5-4-6-15-11/h4-6,9H,2-3,7-8,13H2,1H3. The zero-order chi connectivity index (χ0) is 13.2. The lowest BCUT2D eigenvalue weighted by Gasteiger charge is -2.10. The van der Waals surface area contributed by atoms with Crippen molar-refractivity contribution in [3.63, 3.8) is 0 Å². The van der Waals surface area contributed by atoms with E-state index in [9.17, 15) is 0 Å². The second kappa shape index (κ2) is 4.93. The largest absolute Gasteiger partial charge is 0.340 e. The zero-order valence-corrected chi connectivity index (χ0v) is 10.9. The van der Waals surface area contributed by atoms with Crippen molar-refractivity contribution in [2.45, 2.75) is 25.8 Å². The molecule has 0 radical (unpaired) electrons. The Kier molecular flexibility index (Phi) is 3.12. The van der Waals surface area contributed by atoms with Gasteiger partial charge in [0, 0.05) is 25.5 Å². The number of hydrogen-bond donors (Lipinski definition) is 1. The second-order valence-electron chi connectivity index (χ2n) is 4.71. The van der Waals surface area contributed by atoms with Crippen LogP contribution in [0.15, 0.2) is 18.5 Å². The molecule has 1 unspecified atom stereocenters. The molecule has 19 heavy (non-hydrogen) atoms. The molecular weight excluding hydrogens is 242 g/mol. The molecule has 1 aliphatic heterocycles. The summed E-state index contributed by atoms with van der Waals surface area (Å²) in [5, 5.41) is 4.51. The average molecular weight is 259 g/mol. The predicted molar refractivity (Wildman–Crippen MR) is 71.0 cm³/mol. The van der Waals surface area contributed by atoms with Crippen LogP contribution in [0.1, 0.15) is 31.6 Å². The minimum Gasteiger partial charge on any atom is -0.340 e. The van der Waals surface area contributed by atoms with Crippen LogP contribution in [0, 0.1) is 0 Å². The molecule has 2 N–H and O–H groups in total. The Morgan fingerprint density at radius 1 is 1.16 bits per heavy atom. The Bertz CT molecular complexity index is 542. The second-order valence-corrected chi connectivity index (χ2v) is 4.71. The fraction of sp³-hybridized carbons (Fsp3) is 0.500. The molecule has 2 aromatic heterocycles. The lowest BCUT2D eigenvalue weighted by atomic mass is 10.3. The quantitative estimate of drug-likeness (QED) is 0.872. The molecule has 7 nitrogen and oxygen atoms in total. The SMILES string of the molecule is CC(N)c1nc(N2CCCC2)nn1-c1ncccn1.